The summed E-state index contributed by atoms with van der Waals surface area (Å²) in [6, 6.07) is 16.8. The van der Waals surface area contributed by atoms with Gasteiger partial charge in [-0.25, -0.2) is 0 Å². The molecule has 2 N–H and O–H groups in total. The van der Waals surface area contributed by atoms with E-state index in [4.69, 9.17) is 0 Å². The molecule has 2 aromatic carbocycles. The highest BCUT2D eigenvalue weighted by Crippen LogP contribution is 2.15. The molecule has 108 valence electrons. The fourth-order valence-electron chi connectivity index (χ4n) is 2.04. The number of rotatable bonds is 5. The Morgan fingerprint density at radius 3 is 2.33 bits per heavy atom. The summed E-state index contributed by atoms with van der Waals surface area (Å²) >= 11 is 0. The predicted molar refractivity (Wildman–Crippen MR) is 83.2 cm³/mol. The van der Waals surface area contributed by atoms with Crippen LogP contribution >= 0.6 is 0 Å². The highest BCUT2D eigenvalue weighted by molar-refractivity contribution is 6.03. The van der Waals surface area contributed by atoms with Crippen LogP contribution in [0.15, 0.2) is 54.6 Å². The Morgan fingerprint density at radius 2 is 1.62 bits per heavy atom. The Balaban J connectivity index is 1.98. The average Bonchev–Trinajstić information content (AvgIpc) is 2.54. The Hall–Kier alpha value is -2.62. The highest BCUT2D eigenvalue weighted by Gasteiger charge is 2.11. The largest absolute Gasteiger partial charge is 0.355 e. The number of benzene rings is 2. The molecule has 0 aromatic heterocycles. The van der Waals surface area contributed by atoms with E-state index in [2.05, 4.69) is 10.6 Å². The molecule has 4 heteroatoms. The number of carbonyl (C=O) groups excluding carboxylic acids is 2. The van der Waals surface area contributed by atoms with E-state index in [1.807, 2.05) is 30.3 Å². The lowest BCUT2D eigenvalue weighted by Crippen LogP contribution is -2.21. The van der Waals surface area contributed by atoms with E-state index in [9.17, 15) is 9.59 Å². The zero-order chi connectivity index (χ0) is 15.1. The molecule has 0 aliphatic heterocycles. The highest BCUT2D eigenvalue weighted by atomic mass is 16.2. The number of hydrogen-bond donors (Lipinski definition) is 2. The third-order valence-electron chi connectivity index (χ3n) is 3.16. The second-order valence-electron chi connectivity index (χ2n) is 4.66. The van der Waals surface area contributed by atoms with E-state index in [0.717, 1.165) is 5.56 Å². The standard InChI is InChI=1S/C17H18N2O2/c1-18-17(21)14-9-5-6-10-15(14)19-16(20)12-11-13-7-3-2-4-8-13/h2-10H,11-12H2,1H3,(H,18,21)(H,19,20). The number of carbonyl (C=O) groups is 2. The Morgan fingerprint density at radius 1 is 0.952 bits per heavy atom. The molecule has 21 heavy (non-hydrogen) atoms. The number of nitrogens with one attached hydrogen (secondary N) is 2. The fraction of sp³-hybridized carbons (Fsp3) is 0.176. The van der Waals surface area contributed by atoms with Gasteiger partial charge in [0.25, 0.3) is 5.91 Å². The minimum atomic E-state index is -0.214. The van der Waals surface area contributed by atoms with Crippen molar-refractivity contribution in [3.05, 3.63) is 65.7 Å². The first kappa shape index (κ1) is 14.8. The van der Waals surface area contributed by atoms with E-state index in [-0.39, 0.29) is 11.8 Å². The van der Waals surface area contributed by atoms with Crippen LogP contribution in [0.25, 0.3) is 0 Å². The third-order valence-corrected chi connectivity index (χ3v) is 3.16. The van der Waals surface area contributed by atoms with Crippen molar-refractivity contribution in [2.75, 3.05) is 12.4 Å². The molecule has 4 nitrogen and oxygen atoms in total. The summed E-state index contributed by atoms with van der Waals surface area (Å²) in [4.78, 5) is 23.7. The van der Waals surface area contributed by atoms with Crippen LogP contribution in [0.1, 0.15) is 22.3 Å². The normalized spacial score (nSPS) is 9.95. The topological polar surface area (TPSA) is 58.2 Å². The zero-order valence-corrected chi connectivity index (χ0v) is 11.9. The number of anilines is 1. The molecule has 0 unspecified atom stereocenters. The van der Waals surface area contributed by atoms with Crippen LogP contribution in [0, 0.1) is 0 Å². The van der Waals surface area contributed by atoms with Crippen molar-refractivity contribution in [2.45, 2.75) is 12.8 Å². The lowest BCUT2D eigenvalue weighted by Gasteiger charge is -2.10. The number of aryl methyl sites for hydroxylation is 1. The molecule has 0 saturated carbocycles. The maximum Gasteiger partial charge on any atom is 0.253 e. The number of amides is 2. The summed E-state index contributed by atoms with van der Waals surface area (Å²) in [5, 5.41) is 5.36. The van der Waals surface area contributed by atoms with Crippen LogP contribution in [0.2, 0.25) is 0 Å². The van der Waals surface area contributed by atoms with Crippen LogP contribution in [0.5, 0.6) is 0 Å². The van der Waals surface area contributed by atoms with Gasteiger partial charge in [0.05, 0.1) is 11.3 Å². The first-order valence-electron chi connectivity index (χ1n) is 6.85. The van der Waals surface area contributed by atoms with Crippen molar-refractivity contribution in [3.63, 3.8) is 0 Å². The van der Waals surface area contributed by atoms with Crippen molar-refractivity contribution in [1.82, 2.24) is 5.32 Å². The lowest BCUT2D eigenvalue weighted by molar-refractivity contribution is -0.116. The first-order chi connectivity index (χ1) is 10.2. The van der Waals surface area contributed by atoms with Crippen molar-refractivity contribution >= 4 is 17.5 Å². The van der Waals surface area contributed by atoms with E-state index >= 15 is 0 Å². The molecule has 0 radical (unpaired) electrons. The number of para-hydroxylation sites is 1. The molecule has 0 spiro atoms. The summed E-state index contributed by atoms with van der Waals surface area (Å²) in [5.41, 5.74) is 2.12. The van der Waals surface area contributed by atoms with Gasteiger partial charge >= 0.3 is 0 Å². The maximum atomic E-state index is 12.0. The van der Waals surface area contributed by atoms with Gasteiger partial charge in [-0.2, -0.15) is 0 Å². The van der Waals surface area contributed by atoms with Gasteiger partial charge in [-0.15, -0.1) is 0 Å². The quantitative estimate of drug-likeness (QED) is 0.885. The summed E-state index contributed by atoms with van der Waals surface area (Å²) in [6.07, 6.45) is 1.06. The van der Waals surface area contributed by atoms with Crippen molar-refractivity contribution in [3.8, 4) is 0 Å². The molecule has 2 rings (SSSR count). The van der Waals surface area contributed by atoms with E-state index in [1.165, 1.54) is 0 Å². The summed E-state index contributed by atoms with van der Waals surface area (Å²) in [5.74, 6) is -0.316. The smallest absolute Gasteiger partial charge is 0.253 e. The van der Waals surface area contributed by atoms with Gasteiger partial charge in [0.2, 0.25) is 5.91 Å². The molecular formula is C17H18N2O2. The minimum absolute atomic E-state index is 0.102. The molecule has 0 saturated heterocycles. The molecule has 0 aliphatic carbocycles. The summed E-state index contributed by atoms with van der Waals surface area (Å²) < 4.78 is 0. The SMILES string of the molecule is CNC(=O)c1ccccc1NC(=O)CCc1ccccc1. The molecular weight excluding hydrogens is 264 g/mol. The molecule has 2 aromatic rings. The van der Waals surface area contributed by atoms with E-state index < -0.39 is 0 Å². The van der Waals surface area contributed by atoms with Gasteiger partial charge in [0.1, 0.15) is 0 Å². The molecule has 2 amide bonds. The van der Waals surface area contributed by atoms with Gasteiger partial charge in [0.15, 0.2) is 0 Å². The van der Waals surface area contributed by atoms with Gasteiger partial charge < -0.3 is 10.6 Å². The lowest BCUT2D eigenvalue weighted by atomic mass is 10.1. The van der Waals surface area contributed by atoms with Crippen LogP contribution in [-0.2, 0) is 11.2 Å². The second kappa shape index (κ2) is 7.24. The van der Waals surface area contributed by atoms with Crippen LogP contribution in [-0.4, -0.2) is 18.9 Å². The summed E-state index contributed by atoms with van der Waals surface area (Å²) in [7, 11) is 1.57. The van der Waals surface area contributed by atoms with Gasteiger partial charge in [-0.1, -0.05) is 42.5 Å². The van der Waals surface area contributed by atoms with E-state index in [1.54, 1.807) is 31.3 Å². The second-order valence-corrected chi connectivity index (χ2v) is 4.66. The zero-order valence-electron chi connectivity index (χ0n) is 11.9. The van der Waals surface area contributed by atoms with Crippen LogP contribution in [0.3, 0.4) is 0 Å². The van der Waals surface area contributed by atoms with Crippen molar-refractivity contribution < 1.29 is 9.59 Å². The average molecular weight is 282 g/mol. The van der Waals surface area contributed by atoms with Gasteiger partial charge in [-0.05, 0) is 24.1 Å². The van der Waals surface area contributed by atoms with Gasteiger partial charge in [-0.3, -0.25) is 9.59 Å². The third kappa shape index (κ3) is 4.18. The Labute approximate surface area is 124 Å². The first-order valence-corrected chi connectivity index (χ1v) is 6.85. The van der Waals surface area contributed by atoms with Crippen molar-refractivity contribution in [1.29, 1.82) is 0 Å². The predicted octanol–water partition coefficient (Wildman–Crippen LogP) is 2.62. The Bertz CT molecular complexity index is 624. The molecule has 0 fully saturated rings. The fourth-order valence-corrected chi connectivity index (χ4v) is 2.04. The maximum absolute atomic E-state index is 12.0. The molecule has 0 bridgehead atoms. The van der Waals surface area contributed by atoms with Crippen LogP contribution < -0.4 is 10.6 Å². The number of hydrogen-bond acceptors (Lipinski definition) is 2. The summed E-state index contributed by atoms with van der Waals surface area (Å²) in [6.45, 7) is 0. The molecule has 0 heterocycles. The monoisotopic (exact) mass is 282 g/mol. The Kier molecular flexibility index (Phi) is 5.10. The van der Waals surface area contributed by atoms with Gasteiger partial charge in [0, 0.05) is 13.5 Å². The molecule has 0 atom stereocenters. The van der Waals surface area contributed by atoms with Crippen molar-refractivity contribution in [2.24, 2.45) is 0 Å². The van der Waals surface area contributed by atoms with E-state index in [0.29, 0.717) is 24.1 Å². The molecule has 0 aliphatic rings. The van der Waals surface area contributed by atoms with Crippen LogP contribution in [0.4, 0.5) is 5.69 Å². The minimum Gasteiger partial charge on any atom is -0.355 e.